The van der Waals surface area contributed by atoms with Crippen molar-refractivity contribution in [1.29, 1.82) is 0 Å². The predicted octanol–water partition coefficient (Wildman–Crippen LogP) is 1.61. The van der Waals surface area contributed by atoms with Gasteiger partial charge in [0.15, 0.2) is 0 Å². The van der Waals surface area contributed by atoms with Crippen LogP contribution in [0.2, 0.25) is 5.15 Å². The molecular weight excluding hydrogens is 209 g/mol. The number of hydrogen-bond acceptors (Lipinski definition) is 2. The van der Waals surface area contributed by atoms with Gasteiger partial charge in [0.25, 0.3) is 9.05 Å². The van der Waals surface area contributed by atoms with Crippen molar-refractivity contribution in [1.82, 2.24) is 4.57 Å². The minimum Gasteiger partial charge on any atom is -0.340 e. The zero-order valence-corrected chi connectivity index (χ0v) is 7.91. The Morgan fingerprint density at radius 2 is 2.09 bits per heavy atom. The van der Waals surface area contributed by atoms with Crippen LogP contribution in [0.1, 0.15) is 0 Å². The van der Waals surface area contributed by atoms with Gasteiger partial charge >= 0.3 is 0 Å². The van der Waals surface area contributed by atoms with E-state index in [0.29, 0.717) is 5.15 Å². The van der Waals surface area contributed by atoms with E-state index in [2.05, 4.69) is 0 Å². The number of rotatable bonds is 1. The van der Waals surface area contributed by atoms with Crippen molar-refractivity contribution in [3.05, 3.63) is 17.4 Å². The van der Waals surface area contributed by atoms with E-state index in [1.54, 1.807) is 7.05 Å². The topological polar surface area (TPSA) is 39.1 Å². The third kappa shape index (κ3) is 1.89. The van der Waals surface area contributed by atoms with Crippen LogP contribution in [0.5, 0.6) is 0 Å². The Kier molecular flexibility index (Phi) is 2.18. The summed E-state index contributed by atoms with van der Waals surface area (Å²) in [6, 6.07) is 1.30. The molecule has 0 radical (unpaired) electrons. The summed E-state index contributed by atoms with van der Waals surface area (Å²) in [5.74, 6) is 0. The summed E-state index contributed by atoms with van der Waals surface area (Å²) in [5, 5.41) is 0.337. The van der Waals surface area contributed by atoms with E-state index in [0.717, 1.165) is 0 Å². The van der Waals surface area contributed by atoms with Gasteiger partial charge < -0.3 is 4.57 Å². The highest BCUT2D eigenvalue weighted by Gasteiger charge is 2.12. The summed E-state index contributed by atoms with van der Waals surface area (Å²) in [7, 11) is 3.04. The van der Waals surface area contributed by atoms with Gasteiger partial charge in [-0.25, -0.2) is 8.42 Å². The smallest absolute Gasteiger partial charge is 0.262 e. The van der Waals surface area contributed by atoms with Gasteiger partial charge in [-0.2, -0.15) is 0 Å². The van der Waals surface area contributed by atoms with Crippen LogP contribution >= 0.6 is 22.3 Å². The van der Waals surface area contributed by atoms with Crippen molar-refractivity contribution in [2.45, 2.75) is 4.90 Å². The molecule has 0 atom stereocenters. The van der Waals surface area contributed by atoms with Crippen molar-refractivity contribution in [2.24, 2.45) is 7.05 Å². The third-order valence-corrected chi connectivity index (χ3v) is 2.90. The van der Waals surface area contributed by atoms with E-state index in [4.69, 9.17) is 22.3 Å². The molecule has 0 aliphatic rings. The first-order chi connectivity index (χ1) is 4.91. The first-order valence-electron chi connectivity index (χ1n) is 2.68. The Labute approximate surface area is 74.0 Å². The molecule has 1 aromatic rings. The Balaban J connectivity index is 3.29. The highest BCUT2D eigenvalue weighted by atomic mass is 35.7. The van der Waals surface area contributed by atoms with E-state index in [-0.39, 0.29) is 4.90 Å². The van der Waals surface area contributed by atoms with Gasteiger partial charge in [0, 0.05) is 23.9 Å². The average Bonchev–Trinajstić information content (AvgIpc) is 2.11. The summed E-state index contributed by atoms with van der Waals surface area (Å²) in [5.41, 5.74) is 0. The van der Waals surface area contributed by atoms with Crippen LogP contribution in [-0.4, -0.2) is 13.0 Å². The second kappa shape index (κ2) is 2.69. The molecule has 0 saturated heterocycles. The molecule has 0 amide bonds. The molecule has 1 aromatic heterocycles. The standard InChI is InChI=1S/C5H5Cl2NO2S/c1-8-3-4(2-5(8)6)11(7,9)10/h2-3H,1H3. The fourth-order valence-electron chi connectivity index (χ4n) is 0.642. The predicted molar refractivity (Wildman–Crippen MR) is 43.5 cm³/mol. The maximum Gasteiger partial charge on any atom is 0.262 e. The average molecular weight is 214 g/mol. The van der Waals surface area contributed by atoms with Crippen molar-refractivity contribution in [2.75, 3.05) is 0 Å². The largest absolute Gasteiger partial charge is 0.340 e. The van der Waals surface area contributed by atoms with Gasteiger partial charge in [-0.05, 0) is 6.07 Å². The van der Waals surface area contributed by atoms with Crippen LogP contribution < -0.4 is 0 Å². The Hall–Kier alpha value is -0.190. The molecule has 11 heavy (non-hydrogen) atoms. The van der Waals surface area contributed by atoms with E-state index < -0.39 is 9.05 Å². The molecule has 1 rings (SSSR count). The first-order valence-corrected chi connectivity index (χ1v) is 5.36. The van der Waals surface area contributed by atoms with Crippen molar-refractivity contribution < 1.29 is 8.42 Å². The Bertz CT molecular complexity index is 348. The molecule has 1 heterocycles. The number of hydrogen-bond donors (Lipinski definition) is 0. The van der Waals surface area contributed by atoms with Crippen LogP contribution in [0, 0.1) is 0 Å². The van der Waals surface area contributed by atoms with Crippen LogP contribution in [-0.2, 0) is 16.1 Å². The molecule has 0 saturated carbocycles. The molecule has 0 N–H and O–H groups in total. The molecule has 0 bridgehead atoms. The molecule has 0 spiro atoms. The van der Waals surface area contributed by atoms with Gasteiger partial charge in [-0.1, -0.05) is 11.6 Å². The fourth-order valence-corrected chi connectivity index (χ4v) is 1.66. The van der Waals surface area contributed by atoms with Gasteiger partial charge in [-0.15, -0.1) is 0 Å². The molecule has 0 fully saturated rings. The minimum absolute atomic E-state index is 0.0201. The molecule has 0 aliphatic carbocycles. The van der Waals surface area contributed by atoms with Crippen LogP contribution in [0.4, 0.5) is 0 Å². The van der Waals surface area contributed by atoms with Gasteiger partial charge in [-0.3, -0.25) is 0 Å². The van der Waals surface area contributed by atoms with Gasteiger partial charge in [0.05, 0.1) is 0 Å². The molecule has 6 heteroatoms. The lowest BCUT2D eigenvalue weighted by atomic mass is 10.7. The number of aromatic nitrogens is 1. The lowest BCUT2D eigenvalue weighted by Crippen LogP contribution is -1.87. The molecule has 3 nitrogen and oxygen atoms in total. The van der Waals surface area contributed by atoms with Gasteiger partial charge in [0.1, 0.15) is 10.0 Å². The van der Waals surface area contributed by atoms with Crippen molar-refractivity contribution in [3.8, 4) is 0 Å². The number of aryl methyl sites for hydroxylation is 1. The van der Waals surface area contributed by atoms with Crippen LogP contribution in [0.25, 0.3) is 0 Å². The molecule has 62 valence electrons. The second-order valence-corrected chi connectivity index (χ2v) is 5.00. The van der Waals surface area contributed by atoms with Gasteiger partial charge in [0.2, 0.25) is 0 Å². The highest BCUT2D eigenvalue weighted by molar-refractivity contribution is 8.13. The number of halogens is 2. The zero-order valence-electron chi connectivity index (χ0n) is 5.58. The van der Waals surface area contributed by atoms with E-state index in [1.165, 1.54) is 16.8 Å². The lowest BCUT2D eigenvalue weighted by Gasteiger charge is -1.88. The van der Waals surface area contributed by atoms with Crippen LogP contribution in [0.3, 0.4) is 0 Å². The second-order valence-electron chi connectivity index (χ2n) is 2.05. The normalized spacial score (nSPS) is 11.9. The van der Waals surface area contributed by atoms with E-state index in [1.807, 2.05) is 0 Å². The number of nitrogens with zero attached hydrogens (tertiary/aromatic N) is 1. The Morgan fingerprint density at radius 3 is 2.27 bits per heavy atom. The summed E-state index contributed by atoms with van der Waals surface area (Å²) in [6.07, 6.45) is 1.35. The summed E-state index contributed by atoms with van der Waals surface area (Å²) in [6.45, 7) is 0. The van der Waals surface area contributed by atoms with Crippen molar-refractivity contribution in [3.63, 3.8) is 0 Å². The highest BCUT2D eigenvalue weighted by Crippen LogP contribution is 2.20. The molecule has 0 aromatic carbocycles. The SMILES string of the molecule is Cn1cc(S(=O)(=O)Cl)cc1Cl. The van der Waals surface area contributed by atoms with Crippen LogP contribution in [0.15, 0.2) is 17.2 Å². The molecule has 0 aliphatic heterocycles. The fraction of sp³-hybridized carbons (Fsp3) is 0.200. The lowest BCUT2D eigenvalue weighted by molar-refractivity contribution is 0.609. The zero-order chi connectivity index (χ0) is 8.65. The van der Waals surface area contributed by atoms with E-state index >= 15 is 0 Å². The first kappa shape index (κ1) is 8.90. The Morgan fingerprint density at radius 1 is 1.55 bits per heavy atom. The summed E-state index contributed by atoms with van der Waals surface area (Å²) in [4.78, 5) is 0.0201. The molecular formula is C5H5Cl2NO2S. The van der Waals surface area contributed by atoms with Crippen molar-refractivity contribution >= 4 is 31.3 Å². The molecule has 0 unspecified atom stereocenters. The maximum absolute atomic E-state index is 10.7. The maximum atomic E-state index is 10.7. The quantitative estimate of drug-likeness (QED) is 0.666. The minimum atomic E-state index is -3.64. The monoisotopic (exact) mass is 213 g/mol. The third-order valence-electron chi connectivity index (χ3n) is 1.20. The summed E-state index contributed by atoms with van der Waals surface area (Å²) >= 11 is 5.58. The van der Waals surface area contributed by atoms with E-state index in [9.17, 15) is 8.42 Å². The summed E-state index contributed by atoms with van der Waals surface area (Å²) < 4.78 is 22.9.